The molecule has 2 rings (SSSR count). The van der Waals surface area contributed by atoms with E-state index in [2.05, 4.69) is 20.8 Å². The molecule has 1 N–H and O–H groups in total. The molecule has 0 saturated heterocycles. The van der Waals surface area contributed by atoms with Crippen LogP contribution in [0.2, 0.25) is 0 Å². The van der Waals surface area contributed by atoms with Crippen LogP contribution in [-0.4, -0.2) is 34.5 Å². The molecule has 3 atom stereocenters. The van der Waals surface area contributed by atoms with Crippen molar-refractivity contribution in [1.29, 1.82) is 0 Å². The highest BCUT2D eigenvalue weighted by molar-refractivity contribution is 5.85. The second-order valence-electron chi connectivity index (χ2n) is 7.24. The molecule has 0 bridgehead atoms. The van der Waals surface area contributed by atoms with Gasteiger partial charge in [0.2, 0.25) is 5.91 Å². The maximum Gasteiger partial charge on any atom is 0.307 e. The van der Waals surface area contributed by atoms with E-state index in [1.165, 1.54) is 0 Å². The summed E-state index contributed by atoms with van der Waals surface area (Å²) in [5, 5.41) is 9.43. The number of carboxylic acid groups (broad SMARTS) is 1. The van der Waals surface area contributed by atoms with E-state index in [0.717, 1.165) is 38.6 Å². The van der Waals surface area contributed by atoms with Gasteiger partial charge >= 0.3 is 5.97 Å². The fraction of sp³-hybridized carbons (Fsp3) is 0.882. The first-order valence-electron chi connectivity index (χ1n) is 8.47. The lowest BCUT2D eigenvalue weighted by molar-refractivity contribution is -0.149. The number of hydrogen-bond donors (Lipinski definition) is 1. The lowest BCUT2D eigenvalue weighted by Gasteiger charge is -2.28. The van der Waals surface area contributed by atoms with Gasteiger partial charge in [-0.1, -0.05) is 27.2 Å². The van der Waals surface area contributed by atoms with Crippen LogP contribution in [0.15, 0.2) is 0 Å². The van der Waals surface area contributed by atoms with Gasteiger partial charge in [0, 0.05) is 12.6 Å². The summed E-state index contributed by atoms with van der Waals surface area (Å²) in [7, 11) is 0. The van der Waals surface area contributed by atoms with Crippen LogP contribution in [0.25, 0.3) is 0 Å². The highest BCUT2D eigenvalue weighted by Gasteiger charge is 2.45. The molecule has 2 fully saturated rings. The van der Waals surface area contributed by atoms with Crippen LogP contribution in [-0.2, 0) is 9.59 Å². The Bertz CT molecular complexity index is 389. The van der Waals surface area contributed by atoms with Gasteiger partial charge in [-0.05, 0) is 43.9 Å². The Labute approximate surface area is 127 Å². The lowest BCUT2D eigenvalue weighted by atomic mass is 9.94. The van der Waals surface area contributed by atoms with Crippen molar-refractivity contribution < 1.29 is 14.7 Å². The number of aliphatic carboxylic acids is 1. The molecule has 0 spiro atoms. The summed E-state index contributed by atoms with van der Waals surface area (Å²) < 4.78 is 0. The second-order valence-corrected chi connectivity index (χ2v) is 7.24. The summed E-state index contributed by atoms with van der Waals surface area (Å²) in [6, 6.07) is 0.381. The van der Waals surface area contributed by atoms with Crippen molar-refractivity contribution in [3.63, 3.8) is 0 Å². The number of carboxylic acids is 1. The van der Waals surface area contributed by atoms with E-state index in [-0.39, 0.29) is 11.8 Å². The van der Waals surface area contributed by atoms with Crippen LogP contribution < -0.4 is 0 Å². The van der Waals surface area contributed by atoms with E-state index in [9.17, 15) is 14.7 Å². The third kappa shape index (κ3) is 3.98. The van der Waals surface area contributed by atoms with Gasteiger partial charge < -0.3 is 10.0 Å². The maximum absolute atomic E-state index is 12.9. The van der Waals surface area contributed by atoms with Crippen molar-refractivity contribution in [2.45, 2.75) is 65.3 Å². The standard InChI is InChI=1S/C17H29NO3/c1-4-12-9-14(15(10-12)17(20)21)16(19)18(13-5-6-13)8-7-11(2)3/h11-15H,4-10H2,1-3H3,(H,20,21). The Morgan fingerprint density at radius 2 is 1.81 bits per heavy atom. The van der Waals surface area contributed by atoms with Crippen molar-refractivity contribution >= 4 is 11.9 Å². The van der Waals surface area contributed by atoms with E-state index in [1.54, 1.807) is 0 Å². The molecule has 21 heavy (non-hydrogen) atoms. The van der Waals surface area contributed by atoms with Gasteiger partial charge in [-0.15, -0.1) is 0 Å². The van der Waals surface area contributed by atoms with E-state index < -0.39 is 11.9 Å². The minimum atomic E-state index is -0.788. The number of nitrogens with zero attached hydrogens (tertiary/aromatic N) is 1. The summed E-state index contributed by atoms with van der Waals surface area (Å²) in [6.07, 6.45) is 5.59. The van der Waals surface area contributed by atoms with Crippen molar-refractivity contribution in [2.24, 2.45) is 23.7 Å². The fourth-order valence-corrected chi connectivity index (χ4v) is 3.49. The van der Waals surface area contributed by atoms with Crippen LogP contribution >= 0.6 is 0 Å². The molecule has 2 aliphatic carbocycles. The zero-order valence-electron chi connectivity index (χ0n) is 13.5. The molecule has 0 radical (unpaired) electrons. The van der Waals surface area contributed by atoms with Gasteiger partial charge in [0.05, 0.1) is 11.8 Å². The summed E-state index contributed by atoms with van der Waals surface area (Å²) in [5.41, 5.74) is 0. The zero-order chi connectivity index (χ0) is 15.6. The van der Waals surface area contributed by atoms with Gasteiger partial charge in [0.15, 0.2) is 0 Å². The summed E-state index contributed by atoms with van der Waals surface area (Å²) in [4.78, 5) is 26.4. The smallest absolute Gasteiger partial charge is 0.307 e. The molecule has 0 aromatic carbocycles. The molecular weight excluding hydrogens is 266 g/mol. The first kappa shape index (κ1) is 16.3. The minimum Gasteiger partial charge on any atom is -0.481 e. The van der Waals surface area contributed by atoms with E-state index in [1.807, 2.05) is 4.90 Å². The Kier molecular flexibility index (Phi) is 5.28. The first-order valence-corrected chi connectivity index (χ1v) is 8.47. The van der Waals surface area contributed by atoms with Gasteiger partial charge in [-0.2, -0.15) is 0 Å². The minimum absolute atomic E-state index is 0.113. The molecule has 1 amide bonds. The van der Waals surface area contributed by atoms with Crippen molar-refractivity contribution in [3.8, 4) is 0 Å². The van der Waals surface area contributed by atoms with Crippen molar-refractivity contribution in [2.75, 3.05) is 6.54 Å². The van der Waals surface area contributed by atoms with Crippen LogP contribution in [0.5, 0.6) is 0 Å². The maximum atomic E-state index is 12.9. The molecule has 2 saturated carbocycles. The fourth-order valence-electron chi connectivity index (χ4n) is 3.49. The molecule has 4 heteroatoms. The highest BCUT2D eigenvalue weighted by atomic mass is 16.4. The molecule has 4 nitrogen and oxygen atoms in total. The van der Waals surface area contributed by atoms with Crippen LogP contribution in [0.3, 0.4) is 0 Å². The second kappa shape index (κ2) is 6.80. The van der Waals surface area contributed by atoms with Crippen LogP contribution in [0.4, 0.5) is 0 Å². The summed E-state index contributed by atoms with van der Waals surface area (Å²) in [5.74, 6) is -0.471. The van der Waals surface area contributed by atoms with E-state index in [0.29, 0.717) is 24.3 Å². The van der Waals surface area contributed by atoms with Crippen molar-refractivity contribution in [3.05, 3.63) is 0 Å². The van der Waals surface area contributed by atoms with Gasteiger partial charge in [-0.3, -0.25) is 9.59 Å². The van der Waals surface area contributed by atoms with Gasteiger partial charge in [0.1, 0.15) is 0 Å². The topological polar surface area (TPSA) is 57.6 Å². The monoisotopic (exact) mass is 295 g/mol. The van der Waals surface area contributed by atoms with E-state index >= 15 is 0 Å². The molecule has 0 aliphatic heterocycles. The molecule has 0 heterocycles. The molecule has 120 valence electrons. The average molecular weight is 295 g/mol. The van der Waals surface area contributed by atoms with Gasteiger partial charge in [0.25, 0.3) is 0 Å². The molecule has 2 aliphatic rings. The van der Waals surface area contributed by atoms with Crippen molar-refractivity contribution in [1.82, 2.24) is 4.90 Å². The van der Waals surface area contributed by atoms with Crippen LogP contribution in [0, 0.1) is 23.7 Å². The number of carbonyl (C=O) groups excluding carboxylic acids is 1. The Morgan fingerprint density at radius 3 is 2.29 bits per heavy atom. The Balaban J connectivity index is 2.05. The normalized spacial score (nSPS) is 28.9. The average Bonchev–Trinajstić information content (AvgIpc) is 3.16. The SMILES string of the molecule is CCC1CC(C(=O)O)C(C(=O)N(CCC(C)C)C2CC2)C1. The Morgan fingerprint density at radius 1 is 1.19 bits per heavy atom. The number of hydrogen-bond acceptors (Lipinski definition) is 2. The zero-order valence-corrected chi connectivity index (χ0v) is 13.5. The quantitative estimate of drug-likeness (QED) is 0.785. The first-order chi connectivity index (χ1) is 9.93. The summed E-state index contributed by atoms with van der Waals surface area (Å²) in [6.45, 7) is 7.21. The number of carbonyl (C=O) groups is 2. The summed E-state index contributed by atoms with van der Waals surface area (Å²) >= 11 is 0. The highest BCUT2D eigenvalue weighted by Crippen LogP contribution is 2.41. The third-order valence-electron chi connectivity index (χ3n) is 5.09. The van der Waals surface area contributed by atoms with Gasteiger partial charge in [-0.25, -0.2) is 0 Å². The molecule has 0 aromatic rings. The number of rotatable bonds is 7. The molecule has 3 unspecified atom stereocenters. The van der Waals surface area contributed by atoms with Crippen LogP contribution in [0.1, 0.15) is 59.3 Å². The predicted octanol–water partition coefficient (Wildman–Crippen LogP) is 3.16. The Hall–Kier alpha value is -1.06. The molecular formula is C17H29NO3. The predicted molar refractivity (Wildman–Crippen MR) is 81.8 cm³/mol. The number of amides is 1. The van der Waals surface area contributed by atoms with E-state index in [4.69, 9.17) is 0 Å². The lowest BCUT2D eigenvalue weighted by Crippen LogP contribution is -2.41. The largest absolute Gasteiger partial charge is 0.481 e. The third-order valence-corrected chi connectivity index (χ3v) is 5.09. The molecule has 0 aromatic heterocycles.